The zero-order valence-corrected chi connectivity index (χ0v) is 16.1. The van der Waals surface area contributed by atoms with Crippen molar-refractivity contribution in [2.75, 3.05) is 66.4 Å². The first-order chi connectivity index (χ1) is 12.5. The van der Waals surface area contributed by atoms with Crippen molar-refractivity contribution in [3.05, 3.63) is 35.8 Å². The van der Waals surface area contributed by atoms with Crippen LogP contribution in [-0.2, 0) is 28.5 Å². The van der Waals surface area contributed by atoms with Crippen LogP contribution in [0.5, 0.6) is 0 Å². The zero-order valence-electron chi connectivity index (χ0n) is 16.1. The fourth-order valence-corrected chi connectivity index (χ4v) is 2.22. The van der Waals surface area contributed by atoms with Gasteiger partial charge in [0.05, 0.1) is 52.4 Å². The van der Waals surface area contributed by atoms with Gasteiger partial charge in [-0.2, -0.15) is 0 Å². The lowest BCUT2D eigenvalue weighted by Gasteiger charge is -2.26. The molecule has 0 aliphatic carbocycles. The Kier molecular flexibility index (Phi) is 11.4. The van der Waals surface area contributed by atoms with Crippen molar-refractivity contribution in [3.8, 4) is 0 Å². The molecule has 0 spiro atoms. The number of hydrogen-bond donors (Lipinski definition) is 0. The van der Waals surface area contributed by atoms with Crippen molar-refractivity contribution in [1.29, 1.82) is 0 Å². The molecule has 1 aliphatic heterocycles. The Morgan fingerprint density at radius 1 is 1.12 bits per heavy atom. The average Bonchev–Trinajstić information content (AvgIpc) is 2.61. The summed E-state index contributed by atoms with van der Waals surface area (Å²) in [6, 6.07) is 0. The van der Waals surface area contributed by atoms with Gasteiger partial charge in [0.2, 0.25) is 0 Å². The van der Waals surface area contributed by atoms with Gasteiger partial charge in [0.1, 0.15) is 18.9 Å². The topological polar surface area (TPSA) is 66.5 Å². The number of nitrogens with zero attached hydrogens (tertiary/aromatic N) is 1. The van der Waals surface area contributed by atoms with Crippen molar-refractivity contribution in [2.45, 2.75) is 13.8 Å². The van der Waals surface area contributed by atoms with Gasteiger partial charge in [-0.05, 0) is 19.9 Å². The Bertz CT molecular complexity index is 500. The highest BCUT2D eigenvalue weighted by molar-refractivity contribution is 5.71. The summed E-state index contributed by atoms with van der Waals surface area (Å²) in [6.07, 6.45) is 3.77. The minimum Gasteiger partial charge on any atom is -0.494 e. The number of methoxy groups -OCH3 is 1. The Balaban J connectivity index is 2.98. The van der Waals surface area contributed by atoms with Crippen LogP contribution >= 0.6 is 0 Å². The highest BCUT2D eigenvalue weighted by Gasteiger charge is 2.16. The molecule has 7 nitrogen and oxygen atoms in total. The predicted octanol–water partition coefficient (Wildman–Crippen LogP) is 1.91. The van der Waals surface area contributed by atoms with Gasteiger partial charge in [0.25, 0.3) is 0 Å². The maximum Gasteiger partial charge on any atom is 0.325 e. The van der Waals surface area contributed by atoms with Gasteiger partial charge in [0, 0.05) is 6.54 Å². The number of carbonyl (C=O) groups is 1. The SMILES string of the molecule is C=C(C)/C=C\C1=C(/C)OCCOCCOCCOCCN1CC(=O)OC. The zero-order chi connectivity index (χ0) is 19.2. The molecular formula is C19H31NO6. The first-order valence-electron chi connectivity index (χ1n) is 8.77. The van der Waals surface area contributed by atoms with E-state index in [-0.39, 0.29) is 12.5 Å². The second kappa shape index (κ2) is 13.4. The Hall–Kier alpha value is -1.83. The van der Waals surface area contributed by atoms with Gasteiger partial charge in [-0.3, -0.25) is 4.79 Å². The van der Waals surface area contributed by atoms with Crippen LogP contribution in [0.4, 0.5) is 0 Å². The van der Waals surface area contributed by atoms with Crippen LogP contribution < -0.4 is 0 Å². The van der Waals surface area contributed by atoms with Crippen molar-refractivity contribution in [1.82, 2.24) is 4.90 Å². The highest BCUT2D eigenvalue weighted by Crippen LogP contribution is 2.15. The molecule has 0 atom stereocenters. The Labute approximate surface area is 156 Å². The van der Waals surface area contributed by atoms with E-state index in [1.807, 2.05) is 30.9 Å². The number of hydrogen-bond acceptors (Lipinski definition) is 7. The van der Waals surface area contributed by atoms with Crippen molar-refractivity contribution >= 4 is 5.97 Å². The van der Waals surface area contributed by atoms with Crippen LogP contribution in [0.1, 0.15) is 13.8 Å². The van der Waals surface area contributed by atoms with Gasteiger partial charge < -0.3 is 28.6 Å². The summed E-state index contributed by atoms with van der Waals surface area (Å²) in [5.74, 6) is 0.365. The number of carbonyl (C=O) groups excluding carboxylic acids is 1. The molecular weight excluding hydrogens is 338 g/mol. The molecule has 0 aromatic rings. The van der Waals surface area contributed by atoms with Crippen LogP contribution in [0.2, 0.25) is 0 Å². The summed E-state index contributed by atoms with van der Waals surface area (Å²) in [5.41, 5.74) is 1.68. The van der Waals surface area contributed by atoms with Crippen molar-refractivity contribution in [2.24, 2.45) is 0 Å². The number of ether oxygens (including phenoxy) is 5. The van der Waals surface area contributed by atoms with Gasteiger partial charge in [0.15, 0.2) is 0 Å². The summed E-state index contributed by atoms with van der Waals surface area (Å²) >= 11 is 0. The molecule has 148 valence electrons. The molecule has 26 heavy (non-hydrogen) atoms. The minimum absolute atomic E-state index is 0.101. The first kappa shape index (κ1) is 22.2. The Morgan fingerprint density at radius 3 is 2.27 bits per heavy atom. The second-order valence-electron chi connectivity index (χ2n) is 5.80. The molecule has 0 saturated heterocycles. The monoisotopic (exact) mass is 369 g/mol. The molecule has 0 saturated carbocycles. The summed E-state index contributed by atoms with van der Waals surface area (Å²) in [6.45, 7) is 11.6. The van der Waals surface area contributed by atoms with Crippen molar-refractivity contribution in [3.63, 3.8) is 0 Å². The number of rotatable bonds is 4. The van der Waals surface area contributed by atoms with Gasteiger partial charge in [-0.25, -0.2) is 0 Å². The molecule has 0 bridgehead atoms. The van der Waals surface area contributed by atoms with E-state index in [1.54, 1.807) is 0 Å². The lowest BCUT2D eigenvalue weighted by molar-refractivity contribution is -0.141. The fraction of sp³-hybridized carbons (Fsp3) is 0.632. The number of allylic oxidation sites excluding steroid dienone is 4. The third-order valence-electron chi connectivity index (χ3n) is 3.57. The average molecular weight is 369 g/mol. The number of esters is 1. The first-order valence-corrected chi connectivity index (χ1v) is 8.77. The molecule has 1 heterocycles. The molecule has 0 radical (unpaired) electrons. The van der Waals surface area contributed by atoms with E-state index in [1.165, 1.54) is 7.11 Å². The largest absolute Gasteiger partial charge is 0.494 e. The van der Waals surface area contributed by atoms with Crippen LogP contribution in [0.3, 0.4) is 0 Å². The maximum atomic E-state index is 11.8. The second-order valence-corrected chi connectivity index (χ2v) is 5.80. The third kappa shape index (κ3) is 9.60. The molecule has 0 amide bonds. The third-order valence-corrected chi connectivity index (χ3v) is 3.57. The van der Waals surface area contributed by atoms with Crippen molar-refractivity contribution < 1.29 is 28.5 Å². The summed E-state index contributed by atoms with van der Waals surface area (Å²) in [5, 5.41) is 0. The highest BCUT2D eigenvalue weighted by atomic mass is 16.6. The Morgan fingerprint density at radius 2 is 1.69 bits per heavy atom. The van der Waals surface area contributed by atoms with E-state index < -0.39 is 0 Å². The predicted molar refractivity (Wildman–Crippen MR) is 98.7 cm³/mol. The van der Waals surface area contributed by atoms with E-state index in [0.717, 1.165) is 11.3 Å². The van der Waals surface area contributed by atoms with Gasteiger partial charge in [-0.1, -0.05) is 18.2 Å². The van der Waals surface area contributed by atoms with Gasteiger partial charge >= 0.3 is 5.97 Å². The molecule has 0 aromatic carbocycles. The summed E-state index contributed by atoms with van der Waals surface area (Å²) in [4.78, 5) is 13.7. The van der Waals surface area contributed by atoms with Gasteiger partial charge in [-0.15, -0.1) is 0 Å². The quantitative estimate of drug-likeness (QED) is 0.554. The van der Waals surface area contributed by atoms with E-state index >= 15 is 0 Å². The molecule has 0 aromatic heterocycles. The smallest absolute Gasteiger partial charge is 0.325 e. The molecule has 0 unspecified atom stereocenters. The lowest BCUT2D eigenvalue weighted by Crippen LogP contribution is -2.33. The molecule has 0 fully saturated rings. The van der Waals surface area contributed by atoms with Crippen LogP contribution in [0, 0.1) is 0 Å². The molecule has 0 N–H and O–H groups in total. The lowest BCUT2D eigenvalue weighted by atomic mass is 10.2. The van der Waals surface area contributed by atoms with E-state index in [2.05, 4.69) is 6.58 Å². The summed E-state index contributed by atoms with van der Waals surface area (Å²) < 4.78 is 27.1. The maximum absolute atomic E-state index is 11.8. The van der Waals surface area contributed by atoms with E-state index in [0.29, 0.717) is 58.6 Å². The minimum atomic E-state index is -0.330. The normalized spacial score (nSPS) is 21.6. The molecule has 1 aliphatic rings. The van der Waals surface area contributed by atoms with E-state index in [4.69, 9.17) is 23.7 Å². The molecule has 1 rings (SSSR count). The molecule has 7 heteroatoms. The van der Waals surface area contributed by atoms with Crippen LogP contribution in [-0.4, -0.2) is 77.3 Å². The van der Waals surface area contributed by atoms with Crippen LogP contribution in [0.15, 0.2) is 35.8 Å². The van der Waals surface area contributed by atoms with E-state index in [9.17, 15) is 4.79 Å². The van der Waals surface area contributed by atoms with Crippen LogP contribution in [0.25, 0.3) is 0 Å². The standard InChI is InChI=1S/C19H31NO6/c1-16(2)5-6-18-17(3)26-14-13-25-12-11-24-10-9-23-8-7-20(18)15-19(21)22-4/h5-6H,1,7-15H2,2-4H3/b6-5-,18-17-. The fourth-order valence-electron chi connectivity index (χ4n) is 2.22. The summed E-state index contributed by atoms with van der Waals surface area (Å²) in [7, 11) is 1.37.